The topological polar surface area (TPSA) is 58.6 Å². The van der Waals surface area contributed by atoms with E-state index in [1.54, 1.807) is 12.1 Å². The Bertz CT molecular complexity index is 460. The third-order valence-corrected chi connectivity index (χ3v) is 2.90. The van der Waals surface area contributed by atoms with Crippen molar-refractivity contribution in [1.82, 2.24) is 5.32 Å². The molecule has 1 atom stereocenters. The average Bonchev–Trinajstić information content (AvgIpc) is 2.38. The first-order valence-electron chi connectivity index (χ1n) is 5.92. The Labute approximate surface area is 118 Å². The van der Waals surface area contributed by atoms with Gasteiger partial charge in [-0.15, -0.1) is 0 Å². The second-order valence-electron chi connectivity index (χ2n) is 4.20. The van der Waals surface area contributed by atoms with E-state index in [9.17, 15) is 9.90 Å². The van der Waals surface area contributed by atoms with Crippen LogP contribution in [-0.4, -0.2) is 37.4 Å². The van der Waals surface area contributed by atoms with Crippen molar-refractivity contribution < 1.29 is 14.6 Å². The van der Waals surface area contributed by atoms with E-state index >= 15 is 0 Å². The summed E-state index contributed by atoms with van der Waals surface area (Å²) in [6, 6.07) is 5.56. The first-order chi connectivity index (χ1) is 9.02. The van der Waals surface area contributed by atoms with Crippen LogP contribution < -0.4 is 5.32 Å². The van der Waals surface area contributed by atoms with Crippen LogP contribution in [0.15, 0.2) is 24.3 Å². The number of benzene rings is 1. The van der Waals surface area contributed by atoms with Crippen LogP contribution in [0.25, 0.3) is 6.08 Å². The molecule has 0 aliphatic carbocycles. The average molecular weight is 284 g/mol. The molecular formula is C14H18ClNO3. The molecule has 0 bridgehead atoms. The normalized spacial score (nSPS) is 12.6. The van der Waals surface area contributed by atoms with E-state index in [1.165, 1.54) is 13.2 Å². The summed E-state index contributed by atoms with van der Waals surface area (Å²) in [5, 5.41) is 12.6. The van der Waals surface area contributed by atoms with Crippen LogP contribution in [0, 0.1) is 6.92 Å². The van der Waals surface area contributed by atoms with Gasteiger partial charge >= 0.3 is 0 Å². The first-order valence-corrected chi connectivity index (χ1v) is 6.29. The number of halogens is 1. The standard InChI is InChI=1S/C14H18ClNO3/c1-10-3-4-11(7-13(10)15)5-6-14(18)16-8-12(17)9-19-2/h3-7,12,17H,8-9H2,1-2H3,(H,16,18). The van der Waals surface area contributed by atoms with Crippen molar-refractivity contribution in [2.24, 2.45) is 0 Å². The molecule has 0 saturated carbocycles. The maximum atomic E-state index is 11.5. The molecule has 1 aromatic carbocycles. The highest BCUT2D eigenvalue weighted by molar-refractivity contribution is 6.31. The van der Waals surface area contributed by atoms with Crippen LogP contribution in [0.1, 0.15) is 11.1 Å². The SMILES string of the molecule is COCC(O)CNC(=O)C=Cc1ccc(C)c(Cl)c1. The third kappa shape index (κ3) is 5.87. The summed E-state index contributed by atoms with van der Waals surface area (Å²) in [6.45, 7) is 2.27. The smallest absolute Gasteiger partial charge is 0.244 e. The molecule has 0 spiro atoms. The van der Waals surface area contributed by atoms with Crippen LogP contribution in [0.3, 0.4) is 0 Å². The first kappa shape index (κ1) is 15.7. The summed E-state index contributed by atoms with van der Waals surface area (Å²) in [7, 11) is 1.49. The largest absolute Gasteiger partial charge is 0.389 e. The van der Waals surface area contributed by atoms with Crippen molar-refractivity contribution in [3.8, 4) is 0 Å². The van der Waals surface area contributed by atoms with Crippen LogP contribution in [-0.2, 0) is 9.53 Å². The lowest BCUT2D eigenvalue weighted by atomic mass is 10.1. The zero-order valence-corrected chi connectivity index (χ0v) is 11.8. The second-order valence-corrected chi connectivity index (χ2v) is 4.60. The molecule has 1 unspecified atom stereocenters. The predicted molar refractivity (Wildman–Crippen MR) is 76.1 cm³/mol. The molecule has 1 rings (SSSR count). The van der Waals surface area contributed by atoms with Crippen molar-refractivity contribution in [2.75, 3.05) is 20.3 Å². The van der Waals surface area contributed by atoms with Gasteiger partial charge in [0.1, 0.15) is 0 Å². The molecule has 2 N–H and O–H groups in total. The number of rotatable bonds is 6. The van der Waals surface area contributed by atoms with Gasteiger partial charge in [-0.25, -0.2) is 0 Å². The summed E-state index contributed by atoms with van der Waals surface area (Å²) in [5.41, 5.74) is 1.84. The lowest BCUT2D eigenvalue weighted by molar-refractivity contribution is -0.117. The lowest BCUT2D eigenvalue weighted by Gasteiger charge is -2.09. The number of carbonyl (C=O) groups is 1. The highest BCUT2D eigenvalue weighted by atomic mass is 35.5. The van der Waals surface area contributed by atoms with Crippen molar-refractivity contribution >= 4 is 23.6 Å². The minimum atomic E-state index is -0.698. The van der Waals surface area contributed by atoms with Gasteiger partial charge in [-0.3, -0.25) is 4.79 Å². The fraction of sp³-hybridized carbons (Fsp3) is 0.357. The number of methoxy groups -OCH3 is 1. The molecule has 0 aliphatic heterocycles. The van der Waals surface area contributed by atoms with E-state index in [4.69, 9.17) is 16.3 Å². The minimum absolute atomic E-state index is 0.158. The molecule has 1 aromatic rings. The molecule has 5 heteroatoms. The van der Waals surface area contributed by atoms with E-state index < -0.39 is 6.10 Å². The lowest BCUT2D eigenvalue weighted by Crippen LogP contribution is -2.33. The summed E-state index contributed by atoms with van der Waals surface area (Å²) in [5.74, 6) is -0.271. The highest BCUT2D eigenvalue weighted by Gasteiger charge is 2.04. The number of nitrogens with one attached hydrogen (secondary N) is 1. The van der Waals surface area contributed by atoms with Gasteiger partial charge in [-0.2, -0.15) is 0 Å². The molecule has 0 heterocycles. The van der Waals surface area contributed by atoms with Gasteiger partial charge in [-0.05, 0) is 30.2 Å². The number of aliphatic hydroxyl groups excluding tert-OH is 1. The van der Waals surface area contributed by atoms with E-state index in [-0.39, 0.29) is 19.1 Å². The molecule has 0 fully saturated rings. The van der Waals surface area contributed by atoms with Gasteiger partial charge in [0, 0.05) is 24.8 Å². The molecule has 0 radical (unpaired) electrons. The number of aliphatic hydroxyl groups is 1. The van der Waals surface area contributed by atoms with Crippen LogP contribution >= 0.6 is 11.6 Å². The van der Waals surface area contributed by atoms with Gasteiger partial charge in [0.25, 0.3) is 0 Å². The Balaban J connectivity index is 2.47. The van der Waals surface area contributed by atoms with Crippen molar-refractivity contribution in [3.63, 3.8) is 0 Å². The van der Waals surface area contributed by atoms with Crippen molar-refractivity contribution in [1.29, 1.82) is 0 Å². The van der Waals surface area contributed by atoms with E-state index in [0.29, 0.717) is 5.02 Å². The number of ether oxygens (including phenoxy) is 1. The number of amides is 1. The highest BCUT2D eigenvalue weighted by Crippen LogP contribution is 2.17. The second kappa shape index (κ2) is 7.94. The van der Waals surface area contributed by atoms with Crippen LogP contribution in [0.5, 0.6) is 0 Å². The monoisotopic (exact) mass is 283 g/mol. The molecule has 0 aromatic heterocycles. The molecule has 1 amide bonds. The van der Waals surface area contributed by atoms with E-state index in [0.717, 1.165) is 11.1 Å². The van der Waals surface area contributed by atoms with Gasteiger partial charge in [0.15, 0.2) is 0 Å². The number of hydrogen-bond donors (Lipinski definition) is 2. The molecule has 19 heavy (non-hydrogen) atoms. The Hall–Kier alpha value is -1.36. The quantitative estimate of drug-likeness (QED) is 0.783. The Kier molecular flexibility index (Phi) is 6.56. The van der Waals surface area contributed by atoms with Crippen molar-refractivity contribution in [2.45, 2.75) is 13.0 Å². The van der Waals surface area contributed by atoms with Crippen LogP contribution in [0.2, 0.25) is 5.02 Å². The number of carbonyl (C=O) groups excluding carboxylic acids is 1. The van der Waals surface area contributed by atoms with E-state index in [1.807, 2.05) is 19.1 Å². The van der Waals surface area contributed by atoms with Crippen LogP contribution in [0.4, 0.5) is 0 Å². The molecular weight excluding hydrogens is 266 g/mol. The minimum Gasteiger partial charge on any atom is -0.389 e. The maximum Gasteiger partial charge on any atom is 0.244 e. The summed E-state index contributed by atoms with van der Waals surface area (Å²) >= 11 is 5.99. The van der Waals surface area contributed by atoms with E-state index in [2.05, 4.69) is 5.32 Å². The summed E-state index contributed by atoms with van der Waals surface area (Å²) in [4.78, 5) is 11.5. The molecule has 0 saturated heterocycles. The summed E-state index contributed by atoms with van der Waals surface area (Å²) < 4.78 is 4.76. The van der Waals surface area contributed by atoms with Gasteiger partial charge in [-0.1, -0.05) is 23.7 Å². The zero-order chi connectivity index (χ0) is 14.3. The number of hydrogen-bond acceptors (Lipinski definition) is 3. The fourth-order valence-corrected chi connectivity index (χ4v) is 1.60. The predicted octanol–water partition coefficient (Wildman–Crippen LogP) is 1.79. The van der Waals surface area contributed by atoms with Gasteiger partial charge in [0.05, 0.1) is 12.7 Å². The Morgan fingerprint density at radius 3 is 2.95 bits per heavy atom. The molecule has 104 valence electrons. The van der Waals surface area contributed by atoms with Gasteiger partial charge in [0.2, 0.25) is 5.91 Å². The molecule has 4 nitrogen and oxygen atoms in total. The third-order valence-electron chi connectivity index (χ3n) is 2.49. The molecule has 0 aliphatic rings. The summed E-state index contributed by atoms with van der Waals surface area (Å²) in [6.07, 6.45) is 2.38. The Morgan fingerprint density at radius 2 is 2.32 bits per heavy atom. The Morgan fingerprint density at radius 1 is 1.58 bits per heavy atom. The zero-order valence-electron chi connectivity index (χ0n) is 11.0. The fourth-order valence-electron chi connectivity index (χ4n) is 1.41. The van der Waals surface area contributed by atoms with Gasteiger partial charge < -0.3 is 15.2 Å². The van der Waals surface area contributed by atoms with Crippen molar-refractivity contribution in [3.05, 3.63) is 40.4 Å². The maximum absolute atomic E-state index is 11.5. The number of aryl methyl sites for hydroxylation is 1.